The molecule has 8 aromatic rings. The third-order valence-electron chi connectivity index (χ3n) is 10.2. The molecule has 8 nitrogen and oxygen atoms in total. The van der Waals surface area contributed by atoms with Crippen molar-refractivity contribution >= 4 is 76.7 Å². The van der Waals surface area contributed by atoms with Crippen molar-refractivity contribution in [2.24, 2.45) is 7.05 Å². The predicted molar refractivity (Wildman–Crippen MR) is 203 cm³/mol. The van der Waals surface area contributed by atoms with E-state index in [-0.39, 0.29) is 0 Å². The molecule has 8 rings (SSSR count). The summed E-state index contributed by atoms with van der Waals surface area (Å²) in [7, 11) is 5.55. The van der Waals surface area contributed by atoms with Crippen molar-refractivity contribution < 1.29 is 14.1 Å². The highest BCUT2D eigenvalue weighted by molar-refractivity contribution is 6.16. The number of aromatic nitrogens is 4. The van der Waals surface area contributed by atoms with E-state index in [1.807, 2.05) is 17.3 Å². The minimum atomic E-state index is 0.838. The second kappa shape index (κ2) is 12.6. The lowest BCUT2D eigenvalue weighted by molar-refractivity contribution is -0.670. The number of hydroxylamine groups is 1. The van der Waals surface area contributed by atoms with Gasteiger partial charge in [-0.05, 0) is 103 Å². The van der Waals surface area contributed by atoms with Gasteiger partial charge in [-0.25, -0.2) is 9.55 Å². The molecule has 0 amide bonds. The summed E-state index contributed by atoms with van der Waals surface area (Å²) in [5.41, 5.74) is 8.21. The van der Waals surface area contributed by atoms with Crippen LogP contribution in [0.5, 0.6) is 5.75 Å². The molecule has 0 unspecified atom stereocenters. The standard InChI is InChI=1S/C41H42N6O2/c1-25-30-15-19-46(3)24-27(30)20-34-32-21-28(10-12-37(32)44-39(25)34)47(49-5)18-9-7-6-8-16-42-41-36-23-35-33-22-29(48-4)11-13-38(33)45-40(35)26(2)31(36)14-17-43-41/h10-15,17,19-24H,6-9,16,18H2,1-5H3,(H2,42,43,45)/p+1. The maximum atomic E-state index is 5.87. The molecule has 0 fully saturated rings. The fourth-order valence-corrected chi connectivity index (χ4v) is 7.57. The Hall–Kier alpha value is -5.34. The molecule has 0 atom stereocenters. The van der Waals surface area contributed by atoms with E-state index < -0.39 is 0 Å². The van der Waals surface area contributed by atoms with E-state index in [9.17, 15) is 0 Å². The highest BCUT2D eigenvalue weighted by atomic mass is 16.7. The number of H-pyrrole nitrogens is 2. The Morgan fingerprint density at radius 3 is 2.27 bits per heavy atom. The number of rotatable bonds is 11. The molecule has 4 aromatic heterocycles. The van der Waals surface area contributed by atoms with Crippen LogP contribution in [0.3, 0.4) is 0 Å². The summed E-state index contributed by atoms with van der Waals surface area (Å²) in [6, 6.07) is 21.7. The van der Waals surface area contributed by atoms with Gasteiger partial charge in [0.15, 0.2) is 12.4 Å². The molecule has 0 aliphatic heterocycles. The second-order valence-corrected chi connectivity index (χ2v) is 13.2. The number of hydrogen-bond donors (Lipinski definition) is 3. The second-order valence-electron chi connectivity index (χ2n) is 13.2. The number of anilines is 2. The van der Waals surface area contributed by atoms with Gasteiger partial charge in [-0.15, -0.1) is 0 Å². The van der Waals surface area contributed by atoms with Crippen LogP contribution in [0.2, 0.25) is 0 Å². The molecule has 3 N–H and O–H groups in total. The van der Waals surface area contributed by atoms with Crippen molar-refractivity contribution in [1.29, 1.82) is 0 Å². The van der Waals surface area contributed by atoms with E-state index in [1.54, 1.807) is 14.2 Å². The van der Waals surface area contributed by atoms with Crippen molar-refractivity contribution in [2.75, 3.05) is 37.7 Å². The van der Waals surface area contributed by atoms with Crippen LogP contribution >= 0.6 is 0 Å². The van der Waals surface area contributed by atoms with Crippen molar-refractivity contribution in [3.63, 3.8) is 0 Å². The molecule has 0 aliphatic carbocycles. The molecule has 8 heteroatoms. The lowest BCUT2D eigenvalue weighted by atomic mass is 10.0. The largest absolute Gasteiger partial charge is 0.497 e. The summed E-state index contributed by atoms with van der Waals surface area (Å²) >= 11 is 0. The number of aryl methyl sites for hydroxylation is 3. The van der Waals surface area contributed by atoms with Gasteiger partial charge >= 0.3 is 0 Å². The number of aromatic amines is 2. The maximum Gasteiger partial charge on any atom is 0.176 e. The third kappa shape index (κ3) is 5.46. The highest BCUT2D eigenvalue weighted by Crippen LogP contribution is 2.37. The van der Waals surface area contributed by atoms with Crippen LogP contribution in [0.1, 0.15) is 36.8 Å². The summed E-state index contributed by atoms with van der Waals surface area (Å²) in [4.78, 5) is 17.9. The Morgan fingerprint density at radius 1 is 0.735 bits per heavy atom. The lowest BCUT2D eigenvalue weighted by Gasteiger charge is -2.22. The van der Waals surface area contributed by atoms with E-state index in [0.717, 1.165) is 78.0 Å². The van der Waals surface area contributed by atoms with Gasteiger partial charge in [0.05, 0.1) is 30.9 Å². The molecule has 248 valence electrons. The Morgan fingerprint density at radius 2 is 1.47 bits per heavy atom. The van der Waals surface area contributed by atoms with Crippen LogP contribution in [0.25, 0.3) is 65.2 Å². The highest BCUT2D eigenvalue weighted by Gasteiger charge is 2.16. The van der Waals surface area contributed by atoms with E-state index in [2.05, 4.69) is 108 Å². The Kier molecular flexibility index (Phi) is 7.96. The minimum absolute atomic E-state index is 0.838. The van der Waals surface area contributed by atoms with Crippen LogP contribution in [-0.4, -0.2) is 42.3 Å². The zero-order valence-electron chi connectivity index (χ0n) is 28.9. The van der Waals surface area contributed by atoms with Crippen molar-refractivity contribution in [1.82, 2.24) is 15.0 Å². The molecule has 0 radical (unpaired) electrons. The van der Waals surface area contributed by atoms with Crippen LogP contribution < -0.4 is 19.7 Å². The molecule has 0 bridgehead atoms. The van der Waals surface area contributed by atoms with Crippen LogP contribution in [0, 0.1) is 13.8 Å². The molecular weight excluding hydrogens is 608 g/mol. The molecule has 4 heterocycles. The Bertz CT molecular complexity index is 2510. The Balaban J connectivity index is 0.914. The van der Waals surface area contributed by atoms with Gasteiger partial charge in [-0.3, -0.25) is 9.90 Å². The van der Waals surface area contributed by atoms with E-state index in [4.69, 9.17) is 14.6 Å². The fourth-order valence-electron chi connectivity index (χ4n) is 7.57. The number of nitrogens with zero attached hydrogens (tertiary/aromatic N) is 3. The molecule has 0 saturated heterocycles. The number of benzene rings is 4. The molecule has 0 aliphatic rings. The summed E-state index contributed by atoms with van der Waals surface area (Å²) in [6.45, 7) is 6.11. The molecule has 0 spiro atoms. The molecule has 49 heavy (non-hydrogen) atoms. The number of hydrogen-bond acceptors (Lipinski definition) is 5. The number of nitrogens with one attached hydrogen (secondary N) is 3. The number of ether oxygens (including phenoxy) is 1. The number of unbranched alkanes of at least 4 members (excludes halogenated alkanes) is 3. The topological polar surface area (TPSA) is 82.1 Å². The number of pyridine rings is 2. The van der Waals surface area contributed by atoms with Crippen LogP contribution in [0.15, 0.2) is 79.3 Å². The zero-order chi connectivity index (χ0) is 33.6. The van der Waals surface area contributed by atoms with Crippen molar-refractivity contribution in [3.05, 3.63) is 90.4 Å². The van der Waals surface area contributed by atoms with E-state index in [0.29, 0.717) is 0 Å². The number of fused-ring (bicyclic) bond motifs is 8. The average molecular weight is 652 g/mol. The van der Waals surface area contributed by atoms with Crippen molar-refractivity contribution in [3.8, 4) is 5.75 Å². The van der Waals surface area contributed by atoms with Gasteiger partial charge in [0.25, 0.3) is 0 Å². The molecule has 0 saturated carbocycles. The van der Waals surface area contributed by atoms with Gasteiger partial charge < -0.3 is 20.0 Å². The minimum Gasteiger partial charge on any atom is -0.497 e. The molecular formula is C41H43N6O2+. The van der Waals surface area contributed by atoms with E-state index in [1.165, 1.54) is 54.3 Å². The summed E-state index contributed by atoms with van der Waals surface area (Å²) in [5, 5.41) is 15.4. The first-order valence-corrected chi connectivity index (χ1v) is 17.2. The van der Waals surface area contributed by atoms with Crippen LogP contribution in [0.4, 0.5) is 11.5 Å². The van der Waals surface area contributed by atoms with Gasteiger partial charge in [-0.1, -0.05) is 12.8 Å². The maximum absolute atomic E-state index is 5.87. The SMILES string of the molecule is COc1ccc2[nH]c3c(C)c4ccnc(NCCCCCCN(OC)c5ccc6[nH]c7c(C)c8cc[n+](C)cc8cc7c6c5)c4cc3c2c1. The quantitative estimate of drug-likeness (QED) is 0.0738. The smallest absolute Gasteiger partial charge is 0.176 e. The molecule has 4 aromatic carbocycles. The summed E-state index contributed by atoms with van der Waals surface area (Å²) in [5.74, 6) is 1.80. The monoisotopic (exact) mass is 651 g/mol. The fraction of sp³-hybridized carbons (Fsp3) is 0.268. The van der Waals surface area contributed by atoms with Gasteiger partial charge in [-0.2, -0.15) is 0 Å². The van der Waals surface area contributed by atoms with Crippen molar-refractivity contribution in [2.45, 2.75) is 39.5 Å². The first-order valence-electron chi connectivity index (χ1n) is 17.2. The number of methoxy groups -OCH3 is 1. The average Bonchev–Trinajstić information content (AvgIpc) is 3.67. The lowest BCUT2D eigenvalue weighted by Crippen LogP contribution is -2.25. The Labute approximate surface area is 285 Å². The van der Waals surface area contributed by atoms with E-state index >= 15 is 0 Å². The first kappa shape index (κ1) is 31.0. The summed E-state index contributed by atoms with van der Waals surface area (Å²) < 4.78 is 7.62. The zero-order valence-corrected chi connectivity index (χ0v) is 28.9. The first-order chi connectivity index (χ1) is 23.9. The van der Waals surface area contributed by atoms with Gasteiger partial charge in [0.1, 0.15) is 18.6 Å². The normalized spacial score (nSPS) is 11.9. The predicted octanol–water partition coefficient (Wildman–Crippen LogP) is 9.15. The van der Waals surface area contributed by atoms with Gasteiger partial charge in [0, 0.05) is 68.7 Å². The van der Waals surface area contributed by atoms with Crippen LogP contribution in [-0.2, 0) is 11.9 Å². The summed E-state index contributed by atoms with van der Waals surface area (Å²) in [6.07, 6.45) is 10.6. The van der Waals surface area contributed by atoms with Gasteiger partial charge in [0.2, 0.25) is 0 Å². The third-order valence-corrected chi connectivity index (χ3v) is 10.2.